The van der Waals surface area contributed by atoms with Gasteiger partial charge in [-0.25, -0.2) is 0 Å². The molecule has 1 N–H and O–H groups in total. The third-order valence-electron chi connectivity index (χ3n) is 4.73. The van der Waals surface area contributed by atoms with E-state index < -0.39 is 6.04 Å². The van der Waals surface area contributed by atoms with Gasteiger partial charge in [0.1, 0.15) is 6.04 Å². The number of amides is 2. The zero-order chi connectivity index (χ0) is 22.8. The highest BCUT2D eigenvalue weighted by molar-refractivity contribution is 8.00. The molecule has 2 aromatic rings. The van der Waals surface area contributed by atoms with Gasteiger partial charge in [-0.05, 0) is 54.8 Å². The summed E-state index contributed by atoms with van der Waals surface area (Å²) in [6.07, 6.45) is 2.40. The number of nitrogens with one attached hydrogen (secondary N) is 1. The molecule has 8 heteroatoms. The smallest absolute Gasteiger partial charge is 0.242 e. The first-order valence-corrected chi connectivity index (χ1v) is 12.4. The molecular formula is C23H27Cl3N2O2S. The van der Waals surface area contributed by atoms with Crippen molar-refractivity contribution in [3.8, 4) is 0 Å². The second-order valence-electron chi connectivity index (χ2n) is 7.08. The van der Waals surface area contributed by atoms with Crippen LogP contribution >= 0.6 is 46.6 Å². The number of benzene rings is 2. The van der Waals surface area contributed by atoms with Crippen LogP contribution in [0, 0.1) is 0 Å². The summed E-state index contributed by atoms with van der Waals surface area (Å²) in [5, 5.41) is 4.47. The number of carbonyl (C=O) groups is 2. The molecule has 0 fully saturated rings. The fourth-order valence-electron chi connectivity index (χ4n) is 3.02. The Balaban J connectivity index is 2.19. The van der Waals surface area contributed by atoms with E-state index in [9.17, 15) is 9.59 Å². The molecule has 0 aliphatic rings. The van der Waals surface area contributed by atoms with Gasteiger partial charge in [-0.2, -0.15) is 0 Å². The zero-order valence-electron chi connectivity index (χ0n) is 17.7. The standard InChI is InChI=1S/C23H27Cl3N2O2S/c1-3-5-12-27-23(30)21(4-2)28(14-16-6-11-19(25)20(26)13-16)22(29)15-31-18-9-7-17(24)8-10-18/h6-11,13,21H,3-5,12,14-15H2,1-2H3,(H,27,30)/t21-/m0/s1. The molecular weight excluding hydrogens is 475 g/mol. The quantitative estimate of drug-likeness (QED) is 0.284. The molecule has 1 atom stereocenters. The minimum Gasteiger partial charge on any atom is -0.354 e. The SMILES string of the molecule is CCCCNC(=O)[C@H](CC)N(Cc1ccc(Cl)c(Cl)c1)C(=O)CSc1ccc(Cl)cc1. The highest BCUT2D eigenvalue weighted by Crippen LogP contribution is 2.25. The van der Waals surface area contributed by atoms with Gasteiger partial charge in [0.25, 0.3) is 0 Å². The van der Waals surface area contributed by atoms with Gasteiger partial charge in [-0.15, -0.1) is 11.8 Å². The van der Waals surface area contributed by atoms with E-state index >= 15 is 0 Å². The summed E-state index contributed by atoms with van der Waals surface area (Å²) in [5.74, 6) is -0.0498. The number of rotatable bonds is 11. The topological polar surface area (TPSA) is 49.4 Å². The second-order valence-corrected chi connectivity index (χ2v) is 9.38. The molecule has 4 nitrogen and oxygen atoms in total. The van der Waals surface area contributed by atoms with Crippen molar-refractivity contribution in [2.75, 3.05) is 12.3 Å². The average molecular weight is 502 g/mol. The molecule has 0 aliphatic heterocycles. The van der Waals surface area contributed by atoms with Gasteiger partial charge in [-0.3, -0.25) is 9.59 Å². The summed E-state index contributed by atoms with van der Waals surface area (Å²) in [6, 6.07) is 12.0. The lowest BCUT2D eigenvalue weighted by Gasteiger charge is -2.30. The van der Waals surface area contributed by atoms with Gasteiger partial charge in [0.15, 0.2) is 0 Å². The van der Waals surface area contributed by atoms with E-state index in [2.05, 4.69) is 12.2 Å². The van der Waals surface area contributed by atoms with E-state index in [1.165, 1.54) is 11.8 Å². The summed E-state index contributed by atoms with van der Waals surface area (Å²) in [7, 11) is 0. The molecule has 0 unspecified atom stereocenters. The van der Waals surface area contributed by atoms with Crippen LogP contribution in [0.3, 0.4) is 0 Å². The largest absolute Gasteiger partial charge is 0.354 e. The van der Waals surface area contributed by atoms with Gasteiger partial charge in [0.2, 0.25) is 11.8 Å². The van der Waals surface area contributed by atoms with Crippen LogP contribution in [0.15, 0.2) is 47.4 Å². The van der Waals surface area contributed by atoms with Crippen molar-refractivity contribution in [1.82, 2.24) is 10.2 Å². The van der Waals surface area contributed by atoms with Gasteiger partial charge < -0.3 is 10.2 Å². The normalized spacial score (nSPS) is 11.8. The third-order valence-corrected chi connectivity index (χ3v) is 6.72. The fraction of sp³-hybridized carbons (Fsp3) is 0.391. The maximum absolute atomic E-state index is 13.2. The minimum atomic E-state index is -0.565. The molecule has 0 saturated heterocycles. The predicted octanol–water partition coefficient (Wildman–Crippen LogP) is 6.46. The van der Waals surface area contributed by atoms with Crippen LogP contribution in [-0.4, -0.2) is 35.1 Å². The molecule has 31 heavy (non-hydrogen) atoms. The lowest BCUT2D eigenvalue weighted by atomic mass is 10.1. The average Bonchev–Trinajstić information content (AvgIpc) is 2.75. The first-order chi connectivity index (χ1) is 14.8. The van der Waals surface area contributed by atoms with E-state index in [1.54, 1.807) is 29.2 Å². The molecule has 0 aromatic heterocycles. The Bertz CT molecular complexity index is 878. The fourth-order valence-corrected chi connectivity index (χ4v) is 4.25. The molecule has 0 bridgehead atoms. The monoisotopic (exact) mass is 500 g/mol. The van der Waals surface area contributed by atoms with Crippen LogP contribution in [0.25, 0.3) is 0 Å². The summed E-state index contributed by atoms with van der Waals surface area (Å²) in [5.41, 5.74) is 0.819. The van der Waals surface area contributed by atoms with Crippen molar-refractivity contribution in [2.24, 2.45) is 0 Å². The molecule has 0 saturated carbocycles. The van der Waals surface area contributed by atoms with E-state index in [-0.39, 0.29) is 24.1 Å². The molecule has 0 radical (unpaired) electrons. The van der Waals surface area contributed by atoms with Crippen LogP contribution < -0.4 is 5.32 Å². The second kappa shape index (κ2) is 13.2. The van der Waals surface area contributed by atoms with Crippen molar-refractivity contribution >= 4 is 58.4 Å². The Kier molecular flexibility index (Phi) is 11.0. The number of hydrogen-bond donors (Lipinski definition) is 1. The van der Waals surface area contributed by atoms with Crippen LogP contribution in [0.5, 0.6) is 0 Å². The Morgan fingerprint density at radius 2 is 1.74 bits per heavy atom. The third kappa shape index (κ3) is 8.23. The van der Waals surface area contributed by atoms with Crippen LogP contribution in [0.4, 0.5) is 0 Å². The lowest BCUT2D eigenvalue weighted by Crippen LogP contribution is -2.49. The van der Waals surface area contributed by atoms with Gasteiger partial charge in [0.05, 0.1) is 15.8 Å². The number of thioether (sulfide) groups is 1. The first-order valence-electron chi connectivity index (χ1n) is 10.2. The van der Waals surface area contributed by atoms with Crippen LogP contribution in [0.2, 0.25) is 15.1 Å². The molecule has 168 valence electrons. The van der Waals surface area contributed by atoms with Crippen LogP contribution in [-0.2, 0) is 16.1 Å². The molecule has 2 rings (SSSR count). The Hall–Kier alpha value is -1.40. The Labute approximate surface area is 203 Å². The summed E-state index contributed by atoms with van der Waals surface area (Å²) < 4.78 is 0. The van der Waals surface area contributed by atoms with E-state index in [0.29, 0.717) is 28.0 Å². The highest BCUT2D eigenvalue weighted by atomic mass is 35.5. The van der Waals surface area contributed by atoms with Crippen molar-refractivity contribution in [3.63, 3.8) is 0 Å². The zero-order valence-corrected chi connectivity index (χ0v) is 20.8. The summed E-state index contributed by atoms with van der Waals surface area (Å²) >= 11 is 19.5. The number of carbonyl (C=O) groups excluding carboxylic acids is 2. The number of hydrogen-bond acceptors (Lipinski definition) is 3. The van der Waals surface area contributed by atoms with Crippen molar-refractivity contribution < 1.29 is 9.59 Å². The highest BCUT2D eigenvalue weighted by Gasteiger charge is 2.28. The van der Waals surface area contributed by atoms with E-state index in [1.807, 2.05) is 25.1 Å². The molecule has 2 aromatic carbocycles. The van der Waals surface area contributed by atoms with Crippen molar-refractivity contribution in [2.45, 2.75) is 50.6 Å². The lowest BCUT2D eigenvalue weighted by molar-refractivity contribution is -0.139. The first kappa shape index (κ1) is 25.9. The predicted molar refractivity (Wildman–Crippen MR) is 131 cm³/mol. The number of nitrogens with zero attached hydrogens (tertiary/aromatic N) is 1. The Morgan fingerprint density at radius 1 is 1.03 bits per heavy atom. The van der Waals surface area contributed by atoms with Crippen molar-refractivity contribution in [3.05, 3.63) is 63.1 Å². The molecule has 0 heterocycles. The van der Waals surface area contributed by atoms with Gasteiger partial charge in [-0.1, -0.05) is 61.1 Å². The molecule has 0 aliphatic carbocycles. The Morgan fingerprint density at radius 3 is 2.35 bits per heavy atom. The summed E-state index contributed by atoms with van der Waals surface area (Å²) in [6.45, 7) is 4.85. The van der Waals surface area contributed by atoms with Gasteiger partial charge >= 0.3 is 0 Å². The minimum absolute atomic E-state index is 0.122. The number of halogens is 3. The number of unbranched alkanes of at least 4 members (excludes halogenated alkanes) is 1. The van der Waals surface area contributed by atoms with Crippen LogP contribution in [0.1, 0.15) is 38.7 Å². The van der Waals surface area contributed by atoms with Crippen molar-refractivity contribution in [1.29, 1.82) is 0 Å². The van der Waals surface area contributed by atoms with E-state index in [0.717, 1.165) is 23.3 Å². The van der Waals surface area contributed by atoms with E-state index in [4.69, 9.17) is 34.8 Å². The maximum Gasteiger partial charge on any atom is 0.242 e. The van der Waals surface area contributed by atoms with Gasteiger partial charge in [0, 0.05) is 23.0 Å². The molecule has 0 spiro atoms. The summed E-state index contributed by atoms with van der Waals surface area (Å²) in [4.78, 5) is 28.6. The molecule has 2 amide bonds. The maximum atomic E-state index is 13.2.